The van der Waals surface area contributed by atoms with Crippen molar-refractivity contribution in [2.45, 2.75) is 12.5 Å². The summed E-state index contributed by atoms with van der Waals surface area (Å²) in [7, 11) is 1.64. The first-order valence-corrected chi connectivity index (χ1v) is 8.48. The summed E-state index contributed by atoms with van der Waals surface area (Å²) in [4.78, 5) is 29.4. The van der Waals surface area contributed by atoms with Crippen LogP contribution in [0, 0.1) is 0 Å². The van der Waals surface area contributed by atoms with Crippen molar-refractivity contribution in [1.29, 1.82) is 0 Å². The summed E-state index contributed by atoms with van der Waals surface area (Å²) >= 11 is 0. The number of rotatable bonds is 5. The predicted octanol–water partition coefficient (Wildman–Crippen LogP) is 0.154. The van der Waals surface area contributed by atoms with Gasteiger partial charge < -0.3 is 19.9 Å². The molecular weight excluding hydrogens is 336 g/mol. The molecule has 0 aliphatic carbocycles. The topological polar surface area (TPSA) is 114 Å². The first-order chi connectivity index (χ1) is 12.7. The lowest BCUT2D eigenvalue weighted by molar-refractivity contribution is 0.0375. The van der Waals surface area contributed by atoms with Crippen LogP contribution in [0.25, 0.3) is 11.2 Å². The van der Waals surface area contributed by atoms with Crippen molar-refractivity contribution >= 4 is 22.7 Å². The van der Waals surface area contributed by atoms with Gasteiger partial charge in [-0.2, -0.15) is 5.10 Å². The molecule has 10 nitrogen and oxygen atoms in total. The van der Waals surface area contributed by atoms with E-state index >= 15 is 0 Å². The molecule has 1 saturated heterocycles. The maximum atomic E-state index is 11.8. The number of hydrogen-bond acceptors (Lipinski definition) is 8. The molecule has 0 spiro atoms. The van der Waals surface area contributed by atoms with Gasteiger partial charge in [-0.05, 0) is 6.42 Å². The fourth-order valence-electron chi connectivity index (χ4n) is 3.01. The minimum Gasteiger partial charge on any atom is -0.374 e. The van der Waals surface area contributed by atoms with Crippen molar-refractivity contribution in [3.63, 3.8) is 0 Å². The third kappa shape index (κ3) is 3.36. The highest BCUT2D eigenvalue weighted by Gasteiger charge is 2.21. The number of aryl methyl sites for hydroxylation is 1. The number of nitrogens with one attached hydrogen (secondary N) is 2. The molecular formula is C16H20N8O2. The molecule has 3 aromatic rings. The second-order valence-corrected chi connectivity index (χ2v) is 6.15. The summed E-state index contributed by atoms with van der Waals surface area (Å²) in [6, 6.07) is 1.61. The molecule has 1 atom stereocenters. The van der Waals surface area contributed by atoms with Crippen LogP contribution in [0.3, 0.4) is 0 Å². The summed E-state index contributed by atoms with van der Waals surface area (Å²) in [6.45, 7) is 2.80. The normalized spacial score (nSPS) is 17.6. The molecule has 1 aliphatic rings. The zero-order valence-electron chi connectivity index (χ0n) is 14.4. The van der Waals surface area contributed by atoms with Gasteiger partial charge >= 0.3 is 0 Å². The Bertz CT molecular complexity index is 953. The van der Waals surface area contributed by atoms with Gasteiger partial charge in [-0.1, -0.05) is 0 Å². The molecule has 1 aliphatic heterocycles. The lowest BCUT2D eigenvalue weighted by atomic mass is 10.2. The van der Waals surface area contributed by atoms with Gasteiger partial charge in [-0.3, -0.25) is 4.79 Å². The Hall–Kier alpha value is -3.01. The minimum atomic E-state index is -0.112. The summed E-state index contributed by atoms with van der Waals surface area (Å²) < 4.78 is 7.18. The molecule has 4 heterocycles. The Kier molecular flexibility index (Phi) is 4.48. The smallest absolute Gasteiger partial charge is 0.268 e. The Morgan fingerprint density at radius 1 is 1.38 bits per heavy atom. The van der Waals surface area contributed by atoms with Crippen molar-refractivity contribution in [2.24, 2.45) is 7.05 Å². The zero-order valence-corrected chi connectivity index (χ0v) is 14.4. The first-order valence-electron chi connectivity index (χ1n) is 8.48. The molecule has 136 valence electrons. The predicted molar refractivity (Wildman–Crippen MR) is 96.2 cm³/mol. The number of morpholine rings is 1. The van der Waals surface area contributed by atoms with E-state index in [4.69, 9.17) is 4.74 Å². The molecule has 3 aromatic heterocycles. The van der Waals surface area contributed by atoms with Gasteiger partial charge in [0.25, 0.3) is 5.56 Å². The zero-order chi connectivity index (χ0) is 17.9. The van der Waals surface area contributed by atoms with Crippen LogP contribution in [-0.4, -0.2) is 62.1 Å². The Morgan fingerprint density at radius 3 is 3.19 bits per heavy atom. The van der Waals surface area contributed by atoms with Crippen LogP contribution >= 0.6 is 0 Å². The van der Waals surface area contributed by atoms with E-state index in [1.807, 2.05) is 0 Å². The van der Waals surface area contributed by atoms with Crippen LogP contribution in [0.4, 0.5) is 11.5 Å². The third-order valence-electron chi connectivity index (χ3n) is 4.44. The molecule has 1 fully saturated rings. The lowest BCUT2D eigenvalue weighted by Gasteiger charge is -2.34. The Labute approximate surface area is 149 Å². The van der Waals surface area contributed by atoms with Crippen LogP contribution < -0.4 is 15.8 Å². The van der Waals surface area contributed by atoms with Crippen molar-refractivity contribution in [2.75, 3.05) is 36.5 Å². The van der Waals surface area contributed by atoms with Gasteiger partial charge in [0.2, 0.25) is 0 Å². The van der Waals surface area contributed by atoms with Crippen LogP contribution in [-0.2, 0) is 11.8 Å². The lowest BCUT2D eigenvalue weighted by Crippen LogP contribution is -2.43. The van der Waals surface area contributed by atoms with Crippen molar-refractivity contribution in [3.05, 3.63) is 35.3 Å². The van der Waals surface area contributed by atoms with E-state index in [-0.39, 0.29) is 11.7 Å². The summed E-state index contributed by atoms with van der Waals surface area (Å²) in [6.07, 6.45) is 5.70. The number of hydrogen-bond donors (Lipinski definition) is 2. The highest BCUT2D eigenvalue weighted by molar-refractivity contribution is 5.81. The maximum Gasteiger partial charge on any atom is 0.268 e. The quantitative estimate of drug-likeness (QED) is 0.664. The summed E-state index contributed by atoms with van der Waals surface area (Å²) in [5.41, 5.74) is 2.16. The van der Waals surface area contributed by atoms with Crippen molar-refractivity contribution in [1.82, 2.24) is 29.7 Å². The average molecular weight is 356 g/mol. The summed E-state index contributed by atoms with van der Waals surface area (Å²) in [5, 5.41) is 7.40. The molecule has 0 unspecified atom stereocenters. The second kappa shape index (κ2) is 7.08. The highest BCUT2D eigenvalue weighted by Crippen LogP contribution is 2.18. The molecule has 26 heavy (non-hydrogen) atoms. The van der Waals surface area contributed by atoms with Gasteiger partial charge in [0.15, 0.2) is 11.5 Å². The van der Waals surface area contributed by atoms with E-state index in [0.29, 0.717) is 18.8 Å². The van der Waals surface area contributed by atoms with Gasteiger partial charge in [0.1, 0.15) is 11.8 Å². The molecule has 0 aromatic carbocycles. The standard InChI is InChI=1S/C16H20N8O2/c1-23-13(25)6-11(7-22-23)24-4-5-26-12(8-24)2-3-17-15-14-16(19-9-18-14)21-10-20-15/h6-7,9-10,12H,2-5,8H2,1H3,(H2,17,18,19,20,21)/t12-/m1/s1. The fraction of sp³-hybridized carbons (Fsp3) is 0.438. The number of nitrogens with zero attached hydrogens (tertiary/aromatic N) is 6. The van der Waals surface area contributed by atoms with Crippen molar-refractivity contribution < 1.29 is 4.74 Å². The molecule has 4 rings (SSSR count). The number of imidazole rings is 1. The van der Waals surface area contributed by atoms with E-state index < -0.39 is 0 Å². The molecule has 0 radical (unpaired) electrons. The van der Waals surface area contributed by atoms with E-state index in [0.717, 1.165) is 36.5 Å². The summed E-state index contributed by atoms with van der Waals surface area (Å²) in [5.74, 6) is 0.732. The number of anilines is 2. The number of fused-ring (bicyclic) bond motifs is 1. The van der Waals surface area contributed by atoms with Crippen molar-refractivity contribution in [3.8, 4) is 0 Å². The Morgan fingerprint density at radius 2 is 2.31 bits per heavy atom. The van der Waals surface area contributed by atoms with Gasteiger partial charge in [0.05, 0.1) is 30.9 Å². The molecule has 0 saturated carbocycles. The maximum absolute atomic E-state index is 11.8. The van der Waals surface area contributed by atoms with Crippen LogP contribution in [0.5, 0.6) is 0 Å². The van der Waals surface area contributed by atoms with Gasteiger partial charge in [0, 0.05) is 32.7 Å². The number of ether oxygens (including phenoxy) is 1. The minimum absolute atomic E-state index is 0.0689. The molecule has 0 amide bonds. The highest BCUT2D eigenvalue weighted by atomic mass is 16.5. The van der Waals surface area contributed by atoms with Crippen LogP contribution in [0.15, 0.2) is 29.7 Å². The molecule has 10 heteroatoms. The largest absolute Gasteiger partial charge is 0.374 e. The average Bonchev–Trinajstić information content (AvgIpc) is 3.14. The Balaban J connectivity index is 1.35. The van der Waals surface area contributed by atoms with Crippen LogP contribution in [0.1, 0.15) is 6.42 Å². The van der Waals surface area contributed by atoms with Crippen LogP contribution in [0.2, 0.25) is 0 Å². The number of H-pyrrole nitrogens is 1. The fourth-order valence-corrected chi connectivity index (χ4v) is 3.01. The van der Waals surface area contributed by atoms with E-state index in [9.17, 15) is 4.79 Å². The van der Waals surface area contributed by atoms with E-state index in [2.05, 4.69) is 35.3 Å². The SMILES string of the molecule is Cn1ncc(N2CCO[C@H](CCNc3ncnc4nc[nH]c34)C2)cc1=O. The molecule has 2 N–H and O–H groups in total. The second-order valence-electron chi connectivity index (χ2n) is 6.15. The number of aromatic amines is 1. The van der Waals surface area contributed by atoms with Gasteiger partial charge in [-0.25, -0.2) is 19.6 Å². The van der Waals surface area contributed by atoms with E-state index in [1.165, 1.54) is 11.0 Å². The van der Waals surface area contributed by atoms with Gasteiger partial charge in [-0.15, -0.1) is 0 Å². The molecule has 0 bridgehead atoms. The number of aromatic nitrogens is 6. The van der Waals surface area contributed by atoms with E-state index in [1.54, 1.807) is 25.6 Å². The third-order valence-corrected chi connectivity index (χ3v) is 4.44. The monoisotopic (exact) mass is 356 g/mol. The first kappa shape index (κ1) is 16.5.